The van der Waals surface area contributed by atoms with Gasteiger partial charge >= 0.3 is 6.03 Å². The third kappa shape index (κ3) is 4.76. The predicted molar refractivity (Wildman–Crippen MR) is 154 cm³/mol. The normalized spacial score (nSPS) is 22.8. The molecular weight excluding hydrogens is 551 g/mol. The highest BCUT2D eigenvalue weighted by atomic mass is 19.1. The summed E-state index contributed by atoms with van der Waals surface area (Å²) in [6.45, 7) is 0.128. The lowest BCUT2D eigenvalue weighted by Gasteiger charge is -2.31. The summed E-state index contributed by atoms with van der Waals surface area (Å²) < 4.78 is 15.5. The van der Waals surface area contributed by atoms with Gasteiger partial charge < -0.3 is 15.5 Å². The van der Waals surface area contributed by atoms with Gasteiger partial charge in [0.25, 0.3) is 5.91 Å². The zero-order valence-electron chi connectivity index (χ0n) is 23.9. The van der Waals surface area contributed by atoms with E-state index < -0.39 is 17.5 Å². The van der Waals surface area contributed by atoms with Crippen molar-refractivity contribution in [1.82, 2.24) is 30.2 Å². The first-order valence-corrected chi connectivity index (χ1v) is 14.8. The zero-order chi connectivity index (χ0) is 29.9. The SMILES string of the molecule is CNC(=O)Cn1cc(-c2ccc3c(c2)CC[C@]32NC(=O)N(CC(=O)N3Cc4ccc(F)cc4CC[C@H]3C3CC3)C2=O)cn1. The van der Waals surface area contributed by atoms with Gasteiger partial charge in [-0.2, -0.15) is 5.10 Å². The molecule has 2 fully saturated rings. The minimum atomic E-state index is -1.20. The molecule has 1 spiro atoms. The molecule has 5 amide bonds. The standard InChI is InChI=1S/C32H33FN6O4/c1-34-28(40)17-37-15-24(14-35-37)20-5-8-26-22(12-20)10-11-32(26)30(42)39(31(43)36-32)18-29(41)38-16-23-4-7-25(33)13-21(23)6-9-27(38)19-2-3-19/h4-5,7-8,12-15,19,27H,2-3,6,9-11,16-18H2,1H3,(H,34,40)(H,36,43)/t27-,32-/m0/s1. The summed E-state index contributed by atoms with van der Waals surface area (Å²) in [6.07, 6.45) is 7.99. The van der Waals surface area contributed by atoms with Crippen LogP contribution in [0.3, 0.4) is 0 Å². The molecule has 1 saturated heterocycles. The summed E-state index contributed by atoms with van der Waals surface area (Å²) in [6, 6.07) is 9.89. The van der Waals surface area contributed by atoms with Gasteiger partial charge in [0.1, 0.15) is 24.4 Å². The van der Waals surface area contributed by atoms with E-state index in [9.17, 15) is 23.6 Å². The Labute approximate surface area is 248 Å². The number of hydrogen-bond donors (Lipinski definition) is 2. The number of likely N-dealkylation sites (N-methyl/N-ethyl adjacent to an activating group) is 1. The average Bonchev–Trinajstić information content (AvgIpc) is 3.61. The number of halogens is 1. The van der Waals surface area contributed by atoms with Gasteiger partial charge in [0.15, 0.2) is 0 Å². The highest BCUT2D eigenvalue weighted by Crippen LogP contribution is 2.43. The fourth-order valence-electron chi connectivity index (χ4n) is 7.01. The fourth-order valence-corrected chi connectivity index (χ4v) is 7.01. The highest BCUT2D eigenvalue weighted by Gasteiger charge is 2.56. The van der Waals surface area contributed by atoms with Crippen LogP contribution in [0.25, 0.3) is 11.1 Å². The van der Waals surface area contributed by atoms with Gasteiger partial charge in [0.2, 0.25) is 11.8 Å². The molecule has 2 aromatic carbocycles. The van der Waals surface area contributed by atoms with E-state index in [-0.39, 0.29) is 36.8 Å². The topological polar surface area (TPSA) is 117 Å². The van der Waals surface area contributed by atoms with E-state index in [0.717, 1.165) is 57.5 Å². The molecule has 0 bridgehead atoms. The minimum absolute atomic E-state index is 0.00373. The second-order valence-corrected chi connectivity index (χ2v) is 12.1. The molecule has 2 aliphatic heterocycles. The van der Waals surface area contributed by atoms with Gasteiger partial charge in [-0.1, -0.05) is 24.3 Å². The Bertz CT molecular complexity index is 1660. The number of carbonyl (C=O) groups excluding carboxylic acids is 4. The molecule has 4 aliphatic rings. The summed E-state index contributed by atoms with van der Waals surface area (Å²) in [5, 5.41) is 9.78. The Morgan fingerprint density at radius 3 is 2.65 bits per heavy atom. The van der Waals surface area contributed by atoms with E-state index in [0.29, 0.717) is 31.7 Å². The molecule has 11 heteroatoms. The number of fused-ring (bicyclic) bond motifs is 3. The number of urea groups is 1. The van der Waals surface area contributed by atoms with Gasteiger partial charge in [-0.3, -0.25) is 24.0 Å². The molecule has 1 aromatic heterocycles. The van der Waals surface area contributed by atoms with Crippen LogP contribution in [-0.2, 0) is 45.9 Å². The quantitative estimate of drug-likeness (QED) is 0.433. The van der Waals surface area contributed by atoms with Gasteiger partial charge in [-0.15, -0.1) is 0 Å². The third-order valence-corrected chi connectivity index (χ3v) is 9.46. The monoisotopic (exact) mass is 584 g/mol. The molecule has 2 aliphatic carbocycles. The summed E-state index contributed by atoms with van der Waals surface area (Å²) in [7, 11) is 1.57. The molecule has 222 valence electrons. The van der Waals surface area contributed by atoms with Crippen molar-refractivity contribution in [3.8, 4) is 11.1 Å². The van der Waals surface area contributed by atoms with Crippen LogP contribution in [0.1, 0.15) is 47.9 Å². The number of benzene rings is 2. The van der Waals surface area contributed by atoms with Crippen LogP contribution in [0.15, 0.2) is 48.8 Å². The van der Waals surface area contributed by atoms with Crippen LogP contribution in [-0.4, -0.2) is 63.0 Å². The van der Waals surface area contributed by atoms with E-state index in [1.165, 1.54) is 6.07 Å². The highest BCUT2D eigenvalue weighted by molar-refractivity contribution is 6.10. The van der Waals surface area contributed by atoms with Crippen LogP contribution < -0.4 is 10.6 Å². The zero-order valence-corrected chi connectivity index (χ0v) is 23.9. The van der Waals surface area contributed by atoms with E-state index in [1.54, 1.807) is 36.3 Å². The maximum atomic E-state index is 13.9. The maximum absolute atomic E-state index is 13.9. The number of hydrogen-bond acceptors (Lipinski definition) is 5. The summed E-state index contributed by atoms with van der Waals surface area (Å²) in [5.41, 5.74) is 4.05. The van der Waals surface area contributed by atoms with Crippen molar-refractivity contribution in [2.45, 2.75) is 63.2 Å². The molecule has 43 heavy (non-hydrogen) atoms. The molecular formula is C32H33FN6O4. The van der Waals surface area contributed by atoms with Crippen molar-refractivity contribution >= 4 is 23.8 Å². The number of rotatable bonds is 6. The lowest BCUT2D eigenvalue weighted by molar-refractivity contribution is -0.141. The van der Waals surface area contributed by atoms with Crippen molar-refractivity contribution < 1.29 is 23.6 Å². The Kier molecular flexibility index (Phi) is 6.55. The van der Waals surface area contributed by atoms with Crippen molar-refractivity contribution in [3.05, 3.63) is 76.9 Å². The van der Waals surface area contributed by atoms with Crippen LogP contribution in [0.2, 0.25) is 0 Å². The first-order chi connectivity index (χ1) is 20.8. The molecule has 3 aromatic rings. The smallest absolute Gasteiger partial charge is 0.325 e. The average molecular weight is 585 g/mol. The molecule has 10 nitrogen and oxygen atoms in total. The Morgan fingerprint density at radius 1 is 1.02 bits per heavy atom. The molecule has 2 N–H and O–H groups in total. The summed E-state index contributed by atoms with van der Waals surface area (Å²) >= 11 is 0. The predicted octanol–water partition coefficient (Wildman–Crippen LogP) is 2.88. The first-order valence-electron chi connectivity index (χ1n) is 14.8. The number of nitrogens with one attached hydrogen (secondary N) is 2. The Balaban J connectivity index is 1.10. The van der Waals surface area contributed by atoms with Crippen LogP contribution in [0.4, 0.5) is 9.18 Å². The molecule has 3 heterocycles. The fraction of sp³-hybridized carbons (Fsp3) is 0.406. The number of aromatic nitrogens is 2. The second kappa shape index (κ2) is 10.3. The second-order valence-electron chi connectivity index (χ2n) is 12.1. The van der Waals surface area contributed by atoms with Gasteiger partial charge in [0.05, 0.1) is 6.20 Å². The van der Waals surface area contributed by atoms with E-state index >= 15 is 0 Å². The van der Waals surface area contributed by atoms with Gasteiger partial charge in [-0.05, 0) is 84.4 Å². The summed E-state index contributed by atoms with van der Waals surface area (Å²) in [5.74, 6) is -0.716. The largest absolute Gasteiger partial charge is 0.358 e. The number of imide groups is 1. The van der Waals surface area contributed by atoms with Crippen molar-refractivity contribution in [2.75, 3.05) is 13.6 Å². The molecule has 0 unspecified atom stereocenters. The molecule has 0 radical (unpaired) electrons. The Morgan fingerprint density at radius 2 is 1.86 bits per heavy atom. The number of aryl methyl sites for hydroxylation is 2. The lowest BCUT2D eigenvalue weighted by Crippen LogP contribution is -2.48. The van der Waals surface area contributed by atoms with E-state index in [4.69, 9.17) is 0 Å². The van der Waals surface area contributed by atoms with Crippen LogP contribution >= 0.6 is 0 Å². The number of amides is 5. The number of nitrogens with zero attached hydrogens (tertiary/aromatic N) is 4. The minimum Gasteiger partial charge on any atom is -0.358 e. The number of carbonyl (C=O) groups is 4. The Hall–Kier alpha value is -4.54. The maximum Gasteiger partial charge on any atom is 0.325 e. The van der Waals surface area contributed by atoms with Crippen molar-refractivity contribution in [2.24, 2.45) is 5.92 Å². The van der Waals surface area contributed by atoms with E-state index in [1.807, 2.05) is 23.1 Å². The third-order valence-electron chi connectivity index (χ3n) is 9.46. The van der Waals surface area contributed by atoms with Crippen LogP contribution in [0, 0.1) is 11.7 Å². The first kappa shape index (κ1) is 27.3. The van der Waals surface area contributed by atoms with Gasteiger partial charge in [-0.25, -0.2) is 9.18 Å². The molecule has 1 saturated carbocycles. The molecule has 2 atom stereocenters. The summed E-state index contributed by atoms with van der Waals surface area (Å²) in [4.78, 5) is 55.6. The lowest BCUT2D eigenvalue weighted by atomic mass is 9.90. The van der Waals surface area contributed by atoms with Crippen molar-refractivity contribution in [1.29, 1.82) is 0 Å². The van der Waals surface area contributed by atoms with E-state index in [2.05, 4.69) is 15.7 Å². The molecule has 7 rings (SSSR count). The van der Waals surface area contributed by atoms with Gasteiger partial charge in [0, 0.05) is 31.4 Å². The van der Waals surface area contributed by atoms with Crippen molar-refractivity contribution in [3.63, 3.8) is 0 Å². The van der Waals surface area contributed by atoms with Crippen LogP contribution in [0.5, 0.6) is 0 Å².